The first-order chi connectivity index (χ1) is 23.1. The van der Waals surface area contributed by atoms with Crippen LogP contribution in [-0.4, -0.2) is 17.1 Å². The number of hydrogen-bond acceptors (Lipinski definition) is 6. The monoisotopic (exact) mass is 716 g/mol. The third-order valence-electron chi connectivity index (χ3n) is 7.93. The van der Waals surface area contributed by atoms with Gasteiger partial charge in [0.25, 0.3) is 5.56 Å². The summed E-state index contributed by atoms with van der Waals surface area (Å²) >= 11 is 19.9. The Bertz CT molecular complexity index is 2210. The molecule has 6 nitrogen and oxygen atoms in total. The first-order valence-electron chi connectivity index (χ1n) is 15.4. The molecule has 0 bridgehead atoms. The predicted molar refractivity (Wildman–Crippen MR) is 194 cm³/mol. The molecule has 1 aromatic heterocycles. The normalized spacial score (nSPS) is 14.6. The lowest BCUT2D eigenvalue weighted by Crippen LogP contribution is -2.40. The van der Waals surface area contributed by atoms with E-state index in [0.717, 1.165) is 22.3 Å². The summed E-state index contributed by atoms with van der Waals surface area (Å²) in [4.78, 5) is 33.6. The summed E-state index contributed by atoms with van der Waals surface area (Å²) < 4.78 is 13.7. The Labute approximate surface area is 297 Å². The van der Waals surface area contributed by atoms with Gasteiger partial charge in [0.1, 0.15) is 12.4 Å². The van der Waals surface area contributed by atoms with Crippen molar-refractivity contribution in [3.05, 3.63) is 159 Å². The van der Waals surface area contributed by atoms with E-state index in [-0.39, 0.29) is 18.8 Å². The Balaban J connectivity index is 1.53. The largest absolute Gasteiger partial charge is 0.488 e. The lowest BCUT2D eigenvalue weighted by molar-refractivity contribution is -0.138. The molecule has 0 radical (unpaired) electrons. The van der Waals surface area contributed by atoms with Crippen molar-refractivity contribution in [2.75, 3.05) is 6.61 Å². The number of halogens is 3. The maximum absolute atomic E-state index is 14.4. The van der Waals surface area contributed by atoms with Gasteiger partial charge in [-0.2, -0.15) is 0 Å². The quantitative estimate of drug-likeness (QED) is 0.143. The van der Waals surface area contributed by atoms with E-state index in [1.165, 1.54) is 11.3 Å². The van der Waals surface area contributed by atoms with Gasteiger partial charge >= 0.3 is 5.97 Å². The number of benzene rings is 4. The lowest BCUT2D eigenvalue weighted by Gasteiger charge is -2.26. The van der Waals surface area contributed by atoms with Crippen LogP contribution >= 0.6 is 46.1 Å². The van der Waals surface area contributed by atoms with Gasteiger partial charge in [-0.15, -0.1) is 0 Å². The van der Waals surface area contributed by atoms with Gasteiger partial charge in [-0.1, -0.05) is 121 Å². The third-order valence-corrected chi connectivity index (χ3v) is 9.89. The molecule has 5 aromatic rings. The van der Waals surface area contributed by atoms with Crippen molar-refractivity contribution in [3.63, 3.8) is 0 Å². The number of ether oxygens (including phenoxy) is 2. The lowest BCUT2D eigenvalue weighted by atomic mass is 9.91. The van der Waals surface area contributed by atoms with Crippen molar-refractivity contribution >= 4 is 63.9 Å². The molecular weight excluding hydrogens is 687 g/mol. The molecule has 2 heterocycles. The van der Waals surface area contributed by atoms with Crippen LogP contribution in [0.25, 0.3) is 11.8 Å². The van der Waals surface area contributed by atoms with Gasteiger partial charge in [0.15, 0.2) is 4.80 Å². The molecule has 10 heteroatoms. The molecule has 1 aliphatic rings. The number of fused-ring (bicyclic) bond motifs is 1. The molecule has 4 aromatic carbocycles. The second kappa shape index (κ2) is 14.5. The van der Waals surface area contributed by atoms with Gasteiger partial charge in [0.05, 0.1) is 38.5 Å². The highest BCUT2D eigenvalue weighted by molar-refractivity contribution is 7.07. The van der Waals surface area contributed by atoms with Gasteiger partial charge in [-0.05, 0) is 65.9 Å². The average Bonchev–Trinajstić information content (AvgIpc) is 3.39. The number of thiazole rings is 1. The van der Waals surface area contributed by atoms with Gasteiger partial charge in [0.2, 0.25) is 0 Å². The van der Waals surface area contributed by atoms with E-state index in [0.29, 0.717) is 52.9 Å². The van der Waals surface area contributed by atoms with Crippen LogP contribution in [0.2, 0.25) is 15.1 Å². The second-order valence-corrected chi connectivity index (χ2v) is 13.7. The zero-order valence-corrected chi connectivity index (χ0v) is 29.5. The Kier molecular flexibility index (Phi) is 10.2. The average molecular weight is 718 g/mol. The summed E-state index contributed by atoms with van der Waals surface area (Å²) in [7, 11) is 0. The van der Waals surface area contributed by atoms with Crippen LogP contribution in [0.3, 0.4) is 0 Å². The first kappa shape index (κ1) is 33.7. The maximum atomic E-state index is 14.4. The predicted octanol–water partition coefficient (Wildman–Crippen LogP) is 8.60. The highest BCUT2D eigenvalue weighted by Crippen LogP contribution is 2.36. The number of esters is 1. The van der Waals surface area contributed by atoms with Crippen molar-refractivity contribution in [2.24, 2.45) is 4.99 Å². The number of rotatable bonds is 9. The molecule has 6 rings (SSSR count). The number of hydrogen-bond donors (Lipinski definition) is 0. The molecule has 0 fully saturated rings. The molecule has 0 saturated heterocycles. The molecular formula is C38H31Cl3N2O4S. The Morgan fingerprint density at radius 3 is 2.40 bits per heavy atom. The molecule has 0 N–H and O–H groups in total. The molecule has 1 atom stereocenters. The second-order valence-electron chi connectivity index (χ2n) is 11.5. The number of nitrogens with zero attached hydrogens (tertiary/aromatic N) is 2. The SMILES string of the molecule is CCOC(=O)C1=C(c2ccccc2)N=c2s/c(=C\c3cc(Cl)ccc3OCc3ccc(Cl)c(Cl)c3)c(=O)n2[C@H]1c1ccc(C(C)C)cc1. The summed E-state index contributed by atoms with van der Waals surface area (Å²) in [6, 6.07) is 27.2. The minimum Gasteiger partial charge on any atom is -0.488 e. The van der Waals surface area contributed by atoms with Crippen molar-refractivity contribution in [1.29, 1.82) is 0 Å². The van der Waals surface area contributed by atoms with Crippen molar-refractivity contribution in [2.45, 2.75) is 39.3 Å². The van der Waals surface area contributed by atoms with Gasteiger partial charge in [-0.3, -0.25) is 9.36 Å². The fraction of sp³-hybridized carbons (Fsp3) is 0.184. The van der Waals surface area contributed by atoms with Crippen LogP contribution in [0.4, 0.5) is 0 Å². The van der Waals surface area contributed by atoms with Crippen LogP contribution in [0.15, 0.2) is 106 Å². The molecule has 0 amide bonds. The Hall–Kier alpha value is -4.14. The van der Waals surface area contributed by atoms with E-state index in [9.17, 15) is 9.59 Å². The van der Waals surface area contributed by atoms with Crippen LogP contribution in [0.5, 0.6) is 5.75 Å². The van der Waals surface area contributed by atoms with Crippen molar-refractivity contribution < 1.29 is 14.3 Å². The van der Waals surface area contributed by atoms with Gasteiger partial charge < -0.3 is 9.47 Å². The molecule has 244 valence electrons. The topological polar surface area (TPSA) is 69.9 Å². The standard InChI is InChI=1S/C38H31Cl3N2O4S/c1-4-46-37(45)33-34(25-8-6-5-7-9-25)42-38-43(35(33)26-13-11-24(12-14-26)22(2)3)36(44)32(48-38)20-27-19-28(39)15-17-31(27)47-21-23-10-16-29(40)30(41)18-23/h5-20,22,35H,4,21H2,1-3H3/b32-20-/t35-/m0/s1. The van der Waals surface area contributed by atoms with E-state index >= 15 is 0 Å². The molecule has 0 aliphatic carbocycles. The van der Waals surface area contributed by atoms with E-state index in [1.54, 1.807) is 47.9 Å². The zero-order chi connectivity index (χ0) is 33.9. The highest BCUT2D eigenvalue weighted by atomic mass is 35.5. The molecule has 48 heavy (non-hydrogen) atoms. The van der Waals surface area contributed by atoms with Crippen molar-refractivity contribution in [3.8, 4) is 5.75 Å². The van der Waals surface area contributed by atoms with Crippen molar-refractivity contribution in [1.82, 2.24) is 4.57 Å². The third kappa shape index (κ3) is 7.01. The van der Waals surface area contributed by atoms with Crippen LogP contribution in [0.1, 0.15) is 60.5 Å². The number of carbonyl (C=O) groups excluding carboxylic acids is 1. The minimum atomic E-state index is -0.774. The minimum absolute atomic E-state index is 0.174. The Morgan fingerprint density at radius 2 is 1.71 bits per heavy atom. The van der Waals surface area contributed by atoms with E-state index in [1.807, 2.05) is 60.7 Å². The van der Waals surface area contributed by atoms with Crippen LogP contribution in [0, 0.1) is 0 Å². The highest BCUT2D eigenvalue weighted by Gasteiger charge is 2.35. The first-order valence-corrected chi connectivity index (χ1v) is 17.3. The fourth-order valence-electron chi connectivity index (χ4n) is 5.51. The van der Waals surface area contributed by atoms with E-state index < -0.39 is 12.0 Å². The molecule has 0 saturated carbocycles. The summed E-state index contributed by atoms with van der Waals surface area (Å²) in [5, 5.41) is 1.37. The fourth-order valence-corrected chi connectivity index (χ4v) is 7.01. The molecule has 0 unspecified atom stereocenters. The Morgan fingerprint density at radius 1 is 0.958 bits per heavy atom. The molecule has 1 aliphatic heterocycles. The van der Waals surface area contributed by atoms with E-state index in [2.05, 4.69) is 13.8 Å². The summed E-state index contributed by atoms with van der Waals surface area (Å²) in [5.74, 6) is 0.307. The summed E-state index contributed by atoms with van der Waals surface area (Å²) in [6.45, 7) is 6.39. The number of carbonyl (C=O) groups is 1. The van der Waals surface area contributed by atoms with Crippen LogP contribution in [-0.2, 0) is 16.1 Å². The summed E-state index contributed by atoms with van der Waals surface area (Å²) in [5.41, 5.74) is 4.56. The smallest absolute Gasteiger partial charge is 0.338 e. The van der Waals surface area contributed by atoms with Gasteiger partial charge in [-0.25, -0.2) is 9.79 Å². The van der Waals surface area contributed by atoms with Crippen LogP contribution < -0.4 is 19.6 Å². The maximum Gasteiger partial charge on any atom is 0.338 e. The van der Waals surface area contributed by atoms with E-state index in [4.69, 9.17) is 49.3 Å². The summed E-state index contributed by atoms with van der Waals surface area (Å²) in [6.07, 6.45) is 1.75. The zero-order valence-electron chi connectivity index (χ0n) is 26.4. The molecule has 0 spiro atoms. The van der Waals surface area contributed by atoms with Gasteiger partial charge in [0, 0.05) is 16.1 Å². The number of aromatic nitrogens is 1.